The standard InChI is InChI=1S/C89H100BN3/c1-81(2,3)57-28-24-30-59(47-57)91(60-31-25-29-58(48-60)82(4,5)6)63-49-66-78-75(39-35-64-65-53-72-73(54-69(65)89(19,20)79(64)78)88(17,18)45-44-87(72,15)16)93(62-34-37-68-71(51-62)86(13,14)43-41-84(68,9)10)90-74-38-32-56(55-26-22-21-23-27-55)46-76(74)92(77(52-63)80(66)90)61-33-36-67-70(50-61)85(11,12)42-40-83(67,7)8/h21-39,46-54H,40-45H2,1-20H3. The molecule has 93 heavy (non-hydrogen) atoms. The van der Waals surface area contributed by atoms with E-state index in [0.717, 1.165) is 36.3 Å². The van der Waals surface area contributed by atoms with E-state index in [9.17, 15) is 0 Å². The maximum Gasteiger partial charge on any atom is 0.333 e. The van der Waals surface area contributed by atoms with Crippen LogP contribution in [0, 0.1) is 0 Å². The summed E-state index contributed by atoms with van der Waals surface area (Å²) in [5.74, 6) is 0. The van der Waals surface area contributed by atoms with Gasteiger partial charge in [-0.15, -0.1) is 0 Å². The first-order valence-electron chi connectivity index (χ1n) is 35.2. The van der Waals surface area contributed by atoms with Crippen molar-refractivity contribution in [1.29, 1.82) is 0 Å². The molecule has 2 aliphatic heterocycles. The SMILES string of the molecule is CC(C)(C)c1cccc(N(c2cccc(C(C)(C)C)c2)c2cc3c4c(c2)N(c2ccc5c(c2)C(C)(C)CCC5(C)C)c2cc(-c5ccccc5)ccc2B4N(c2ccc4c(c2)C(C)(C)CCC4(C)C)c2ccc4c(c2-3)C(C)(C)c2cc3c(cc2-4)C(C)(C)CCC3(C)C)c1. The Morgan fingerprint density at radius 3 is 1.41 bits per heavy atom. The summed E-state index contributed by atoms with van der Waals surface area (Å²) in [6.45, 7) is 48.9. The molecule has 0 radical (unpaired) electrons. The average Bonchev–Trinajstić information content (AvgIpc) is 1.67. The minimum absolute atomic E-state index is 0.00161. The topological polar surface area (TPSA) is 9.72 Å². The summed E-state index contributed by atoms with van der Waals surface area (Å²) < 4.78 is 0. The van der Waals surface area contributed by atoms with Gasteiger partial charge in [0, 0.05) is 56.5 Å². The molecule has 4 aliphatic carbocycles. The smallest absolute Gasteiger partial charge is 0.333 e. The van der Waals surface area contributed by atoms with Gasteiger partial charge in [-0.2, -0.15) is 0 Å². The van der Waals surface area contributed by atoms with E-state index in [2.05, 4.69) is 323 Å². The van der Waals surface area contributed by atoms with Crippen LogP contribution in [-0.4, -0.2) is 6.85 Å². The van der Waals surface area contributed by atoms with E-state index in [4.69, 9.17) is 0 Å². The highest BCUT2D eigenvalue weighted by atomic mass is 15.2. The second-order valence-electron chi connectivity index (χ2n) is 35.8. The van der Waals surface area contributed by atoms with E-state index < -0.39 is 0 Å². The quantitative estimate of drug-likeness (QED) is 0.154. The van der Waals surface area contributed by atoms with Gasteiger partial charge in [-0.25, -0.2) is 0 Å². The van der Waals surface area contributed by atoms with Crippen LogP contribution in [0.2, 0.25) is 0 Å². The Balaban J connectivity index is 1.12. The number of hydrogen-bond acceptors (Lipinski definition) is 3. The molecule has 2 heterocycles. The summed E-state index contributed by atoms with van der Waals surface area (Å²) in [5, 5.41) is 0. The second kappa shape index (κ2) is 20.2. The lowest BCUT2D eigenvalue weighted by Crippen LogP contribution is -2.61. The highest BCUT2D eigenvalue weighted by Gasteiger charge is 2.52. The minimum atomic E-state index is -0.360. The first kappa shape index (κ1) is 61.6. The third-order valence-electron chi connectivity index (χ3n) is 24.3. The molecule has 15 rings (SSSR count). The molecule has 0 N–H and O–H groups in total. The molecular weight excluding hydrogens is 1120 g/mol. The summed E-state index contributed by atoms with van der Waals surface area (Å²) >= 11 is 0. The summed E-state index contributed by atoms with van der Waals surface area (Å²) in [4.78, 5) is 8.18. The minimum Gasteiger partial charge on any atom is -0.376 e. The third kappa shape index (κ3) is 9.53. The van der Waals surface area contributed by atoms with Gasteiger partial charge in [0.05, 0.1) is 0 Å². The lowest BCUT2D eigenvalue weighted by molar-refractivity contribution is 0.331. The molecule has 0 amide bonds. The number of anilines is 8. The van der Waals surface area contributed by atoms with Crippen molar-refractivity contribution in [2.24, 2.45) is 0 Å². The van der Waals surface area contributed by atoms with Crippen molar-refractivity contribution in [2.75, 3.05) is 14.6 Å². The molecule has 0 saturated heterocycles. The molecule has 0 aromatic heterocycles. The number of hydrogen-bond donors (Lipinski definition) is 0. The Morgan fingerprint density at radius 2 is 0.860 bits per heavy atom. The molecule has 4 heteroatoms. The third-order valence-corrected chi connectivity index (χ3v) is 24.3. The highest BCUT2D eigenvalue weighted by molar-refractivity contribution is 6.93. The zero-order chi connectivity index (χ0) is 65.9. The van der Waals surface area contributed by atoms with E-state index in [1.54, 1.807) is 0 Å². The maximum absolute atomic E-state index is 2.84. The van der Waals surface area contributed by atoms with Crippen LogP contribution in [0.15, 0.2) is 170 Å². The van der Waals surface area contributed by atoms with Gasteiger partial charge in [0.2, 0.25) is 0 Å². The van der Waals surface area contributed by atoms with Gasteiger partial charge in [0.1, 0.15) is 0 Å². The molecular formula is C89H100BN3. The average molecular weight is 1220 g/mol. The van der Waals surface area contributed by atoms with E-state index in [1.165, 1.54) is 148 Å². The lowest BCUT2D eigenvalue weighted by Gasteiger charge is -2.48. The fraction of sp³-hybridized carbons (Fsp3) is 0.393. The number of nitrogens with zero attached hydrogens (tertiary/aromatic N) is 3. The van der Waals surface area contributed by atoms with Crippen LogP contribution >= 0.6 is 0 Å². The van der Waals surface area contributed by atoms with Crippen LogP contribution in [0.25, 0.3) is 33.4 Å². The van der Waals surface area contributed by atoms with Crippen molar-refractivity contribution in [2.45, 2.75) is 226 Å². The van der Waals surface area contributed by atoms with Crippen molar-refractivity contribution in [1.82, 2.24) is 0 Å². The first-order chi connectivity index (χ1) is 43.6. The van der Waals surface area contributed by atoms with Crippen molar-refractivity contribution in [3.63, 3.8) is 0 Å². The van der Waals surface area contributed by atoms with Crippen LogP contribution in [0.5, 0.6) is 0 Å². The lowest BCUT2D eigenvalue weighted by atomic mass is 9.43. The molecule has 0 saturated carbocycles. The molecule has 474 valence electrons. The molecule has 3 nitrogen and oxygen atoms in total. The number of rotatable bonds is 6. The van der Waals surface area contributed by atoms with Gasteiger partial charge in [-0.3, -0.25) is 0 Å². The molecule has 0 fully saturated rings. The van der Waals surface area contributed by atoms with E-state index in [1.807, 2.05) is 0 Å². The van der Waals surface area contributed by atoms with Gasteiger partial charge in [-0.05, 0) is 255 Å². The van der Waals surface area contributed by atoms with Gasteiger partial charge in [0.25, 0.3) is 0 Å². The number of benzene rings is 9. The monoisotopic (exact) mass is 1220 g/mol. The van der Waals surface area contributed by atoms with Gasteiger partial charge < -0.3 is 14.6 Å². The zero-order valence-corrected chi connectivity index (χ0v) is 59.8. The Morgan fingerprint density at radius 1 is 0.355 bits per heavy atom. The van der Waals surface area contributed by atoms with Crippen LogP contribution < -0.4 is 25.5 Å². The fourth-order valence-electron chi connectivity index (χ4n) is 18.0. The Bertz CT molecular complexity index is 4530. The molecule has 0 unspecified atom stereocenters. The summed E-state index contributed by atoms with van der Waals surface area (Å²) in [6.07, 6.45) is 6.96. The highest BCUT2D eigenvalue weighted by Crippen LogP contribution is 2.62. The first-order valence-corrected chi connectivity index (χ1v) is 35.2. The molecule has 0 atom stereocenters. The van der Waals surface area contributed by atoms with E-state index in [-0.39, 0.29) is 55.6 Å². The van der Waals surface area contributed by atoms with Gasteiger partial charge in [0.15, 0.2) is 0 Å². The summed E-state index contributed by atoms with van der Waals surface area (Å²) in [7, 11) is 0. The molecule has 0 bridgehead atoms. The van der Waals surface area contributed by atoms with E-state index in [0.29, 0.717) is 0 Å². The predicted octanol–water partition coefficient (Wildman–Crippen LogP) is 23.5. The van der Waals surface area contributed by atoms with Gasteiger partial charge in [-0.1, -0.05) is 229 Å². The maximum atomic E-state index is 2.84. The molecule has 6 aliphatic rings. The van der Waals surface area contributed by atoms with Crippen LogP contribution in [-0.2, 0) is 48.7 Å². The summed E-state index contributed by atoms with van der Waals surface area (Å²) in [6, 6.07) is 68.6. The van der Waals surface area contributed by atoms with Crippen molar-refractivity contribution in [3.05, 3.63) is 225 Å². The predicted molar refractivity (Wildman–Crippen MR) is 401 cm³/mol. The fourth-order valence-corrected chi connectivity index (χ4v) is 18.0. The normalized spacial score (nSPS) is 19.2. The Labute approximate surface area is 559 Å². The Kier molecular flexibility index (Phi) is 13.4. The summed E-state index contributed by atoms with van der Waals surface area (Å²) in [5.41, 5.74) is 34.3. The molecule has 9 aromatic rings. The van der Waals surface area contributed by atoms with Crippen molar-refractivity contribution >= 4 is 63.3 Å². The Hall–Kier alpha value is -7.56. The van der Waals surface area contributed by atoms with Crippen LogP contribution in [0.1, 0.15) is 233 Å². The van der Waals surface area contributed by atoms with Crippen LogP contribution in [0.4, 0.5) is 45.5 Å². The van der Waals surface area contributed by atoms with Crippen molar-refractivity contribution < 1.29 is 0 Å². The second-order valence-corrected chi connectivity index (χ2v) is 35.8. The van der Waals surface area contributed by atoms with Crippen LogP contribution in [0.3, 0.4) is 0 Å². The van der Waals surface area contributed by atoms with Crippen molar-refractivity contribution in [3.8, 4) is 33.4 Å². The number of fused-ring (bicyclic) bond motifs is 11. The largest absolute Gasteiger partial charge is 0.376 e. The van der Waals surface area contributed by atoms with Gasteiger partial charge >= 0.3 is 6.85 Å². The molecule has 0 spiro atoms. The zero-order valence-electron chi connectivity index (χ0n) is 59.8. The molecule has 9 aromatic carbocycles. The van der Waals surface area contributed by atoms with E-state index >= 15 is 0 Å².